The van der Waals surface area contributed by atoms with Crippen LogP contribution in [-0.2, 0) is 14.8 Å². The van der Waals surface area contributed by atoms with Crippen molar-refractivity contribution in [3.8, 4) is 5.75 Å². The molecule has 0 saturated carbocycles. The number of phenols is 1. The maximum Gasteiger partial charge on any atom is 0.342 e. The van der Waals surface area contributed by atoms with Crippen LogP contribution in [0.15, 0.2) is 57.8 Å². The van der Waals surface area contributed by atoms with E-state index in [1.807, 2.05) is 0 Å². The van der Waals surface area contributed by atoms with E-state index in [4.69, 9.17) is 9.15 Å². The number of hydrogen-bond acceptors (Lipinski definition) is 7. The number of aromatic hydroxyl groups is 1. The molecule has 4 rings (SSSR count). The fourth-order valence-electron chi connectivity index (χ4n) is 3.64. The van der Waals surface area contributed by atoms with E-state index in [0.717, 1.165) is 18.2 Å². The van der Waals surface area contributed by atoms with Crippen LogP contribution in [-0.4, -0.2) is 37.2 Å². The zero-order chi connectivity index (χ0) is 23.9. The molecule has 10 heteroatoms. The SMILES string of the molecule is CCOC(=O)c1c(C)oc2c1cc(NS(=O)(=O)c1ccc(O)c(C(=O)O)c1)c1ccccc12. The lowest BCUT2D eigenvalue weighted by Gasteiger charge is -2.12. The summed E-state index contributed by atoms with van der Waals surface area (Å²) < 4.78 is 39.6. The first-order valence-electron chi connectivity index (χ1n) is 9.85. The third-order valence-corrected chi connectivity index (χ3v) is 6.47. The van der Waals surface area contributed by atoms with Gasteiger partial charge in [0.1, 0.15) is 28.2 Å². The van der Waals surface area contributed by atoms with Gasteiger partial charge in [-0.3, -0.25) is 4.72 Å². The lowest BCUT2D eigenvalue weighted by Crippen LogP contribution is -2.14. The van der Waals surface area contributed by atoms with Crippen LogP contribution in [0.2, 0.25) is 0 Å². The van der Waals surface area contributed by atoms with Gasteiger partial charge in [-0.15, -0.1) is 0 Å². The van der Waals surface area contributed by atoms with Crippen molar-refractivity contribution in [3.63, 3.8) is 0 Å². The monoisotopic (exact) mass is 469 g/mol. The number of carboxylic acids is 1. The average Bonchev–Trinajstić information content (AvgIpc) is 3.09. The standard InChI is InChI=1S/C23H19NO8S/c1-3-31-23(28)20-12(2)32-21-15-7-5-4-6-14(15)18(11-17(20)21)24-33(29,30)13-8-9-19(25)16(10-13)22(26)27/h4-11,24-25H,3H2,1-2H3,(H,26,27). The molecule has 1 aromatic heterocycles. The van der Waals surface area contributed by atoms with Crippen molar-refractivity contribution in [2.75, 3.05) is 11.3 Å². The van der Waals surface area contributed by atoms with Gasteiger partial charge in [-0.25, -0.2) is 18.0 Å². The molecule has 0 bridgehead atoms. The molecule has 0 atom stereocenters. The lowest BCUT2D eigenvalue weighted by atomic mass is 10.0. The molecule has 0 radical (unpaired) electrons. The van der Waals surface area contributed by atoms with E-state index in [-0.39, 0.29) is 22.8 Å². The fraction of sp³-hybridized carbons (Fsp3) is 0.130. The number of benzene rings is 3. The van der Waals surface area contributed by atoms with Gasteiger partial charge in [-0.05, 0) is 38.1 Å². The highest BCUT2D eigenvalue weighted by atomic mass is 32.2. The summed E-state index contributed by atoms with van der Waals surface area (Å²) in [7, 11) is -4.25. The predicted octanol–water partition coefficient (Wildman–Crippen LogP) is 4.28. The molecule has 0 spiro atoms. The molecule has 3 aromatic carbocycles. The van der Waals surface area contributed by atoms with Crippen LogP contribution in [0.5, 0.6) is 5.75 Å². The molecule has 3 N–H and O–H groups in total. The van der Waals surface area contributed by atoms with Crippen LogP contribution >= 0.6 is 0 Å². The van der Waals surface area contributed by atoms with Crippen LogP contribution in [0.1, 0.15) is 33.4 Å². The normalized spacial score (nSPS) is 11.6. The molecule has 9 nitrogen and oxygen atoms in total. The van der Waals surface area contributed by atoms with E-state index in [2.05, 4.69) is 4.72 Å². The maximum absolute atomic E-state index is 13.1. The number of hydrogen-bond donors (Lipinski definition) is 3. The minimum Gasteiger partial charge on any atom is -0.507 e. The van der Waals surface area contributed by atoms with E-state index in [1.165, 1.54) is 6.07 Å². The summed E-state index contributed by atoms with van der Waals surface area (Å²) in [6, 6.07) is 11.3. The molecule has 1 heterocycles. The van der Waals surface area contributed by atoms with E-state index in [9.17, 15) is 28.2 Å². The van der Waals surface area contributed by atoms with Gasteiger partial charge in [0.25, 0.3) is 10.0 Å². The first-order valence-corrected chi connectivity index (χ1v) is 11.3. The van der Waals surface area contributed by atoms with Crippen molar-refractivity contribution in [2.45, 2.75) is 18.7 Å². The number of anilines is 1. The second kappa shape index (κ2) is 8.14. The summed E-state index contributed by atoms with van der Waals surface area (Å²) in [5.74, 6) is -2.29. The number of carbonyl (C=O) groups excluding carboxylic acids is 1. The molecular formula is C23H19NO8S. The van der Waals surface area contributed by atoms with Crippen LogP contribution < -0.4 is 4.72 Å². The Morgan fingerprint density at radius 3 is 2.42 bits per heavy atom. The zero-order valence-corrected chi connectivity index (χ0v) is 18.4. The number of carboxylic acid groups (broad SMARTS) is 1. The fourth-order valence-corrected chi connectivity index (χ4v) is 4.73. The van der Waals surface area contributed by atoms with Gasteiger partial charge in [0.05, 0.1) is 17.2 Å². The summed E-state index contributed by atoms with van der Waals surface area (Å²) >= 11 is 0. The van der Waals surface area contributed by atoms with Gasteiger partial charge in [0.15, 0.2) is 0 Å². The summed E-state index contributed by atoms with van der Waals surface area (Å²) in [6.07, 6.45) is 0. The third-order valence-electron chi connectivity index (χ3n) is 5.10. The number of sulfonamides is 1. The molecule has 170 valence electrons. The van der Waals surface area contributed by atoms with Gasteiger partial charge < -0.3 is 19.4 Å². The smallest absolute Gasteiger partial charge is 0.342 e. The number of aryl methyl sites for hydroxylation is 1. The van der Waals surface area contributed by atoms with Gasteiger partial charge >= 0.3 is 11.9 Å². The molecule has 0 aliphatic heterocycles. The Kier molecular flexibility index (Phi) is 5.46. The van der Waals surface area contributed by atoms with E-state index in [1.54, 1.807) is 38.1 Å². The Morgan fingerprint density at radius 2 is 1.76 bits per heavy atom. The highest BCUT2D eigenvalue weighted by Gasteiger charge is 2.25. The Bertz CT molecular complexity index is 1540. The van der Waals surface area contributed by atoms with Crippen molar-refractivity contribution in [1.29, 1.82) is 0 Å². The second-order valence-corrected chi connectivity index (χ2v) is 8.87. The topological polar surface area (TPSA) is 143 Å². The first-order chi connectivity index (χ1) is 15.6. The maximum atomic E-state index is 13.1. The van der Waals surface area contributed by atoms with Gasteiger partial charge in [-0.2, -0.15) is 0 Å². The Balaban J connectivity index is 1.92. The Morgan fingerprint density at radius 1 is 1.06 bits per heavy atom. The molecule has 0 unspecified atom stereocenters. The predicted molar refractivity (Wildman–Crippen MR) is 120 cm³/mol. The van der Waals surface area contributed by atoms with Crippen molar-refractivity contribution in [3.05, 3.63) is 65.4 Å². The Hall–Kier alpha value is -4.05. The van der Waals surface area contributed by atoms with Crippen molar-refractivity contribution < 1.29 is 37.4 Å². The number of ether oxygens (including phenoxy) is 1. The molecule has 0 amide bonds. The molecular weight excluding hydrogens is 450 g/mol. The van der Waals surface area contributed by atoms with Crippen molar-refractivity contribution >= 4 is 49.4 Å². The van der Waals surface area contributed by atoms with Gasteiger partial charge in [0.2, 0.25) is 0 Å². The van der Waals surface area contributed by atoms with Crippen LogP contribution in [0.4, 0.5) is 5.69 Å². The quantitative estimate of drug-likeness (QED) is 0.355. The highest BCUT2D eigenvalue weighted by molar-refractivity contribution is 7.92. The number of esters is 1. The first kappa shape index (κ1) is 22.2. The summed E-state index contributed by atoms with van der Waals surface area (Å²) in [6.45, 7) is 3.45. The largest absolute Gasteiger partial charge is 0.507 e. The van der Waals surface area contributed by atoms with Crippen molar-refractivity contribution in [2.24, 2.45) is 0 Å². The minimum absolute atomic E-state index is 0.158. The molecule has 0 aliphatic rings. The number of nitrogens with one attached hydrogen (secondary N) is 1. The number of aromatic carboxylic acids is 1. The Labute approximate surface area is 188 Å². The van der Waals surface area contributed by atoms with Crippen LogP contribution in [0.25, 0.3) is 21.7 Å². The van der Waals surface area contributed by atoms with Crippen LogP contribution in [0.3, 0.4) is 0 Å². The molecule has 0 aliphatic carbocycles. The van der Waals surface area contributed by atoms with E-state index in [0.29, 0.717) is 27.5 Å². The number of furan rings is 1. The summed E-state index contributed by atoms with van der Waals surface area (Å²) in [5.41, 5.74) is 0.213. The average molecular weight is 469 g/mol. The van der Waals surface area contributed by atoms with E-state index >= 15 is 0 Å². The molecule has 4 aromatic rings. The van der Waals surface area contributed by atoms with Crippen molar-refractivity contribution in [1.82, 2.24) is 0 Å². The van der Waals surface area contributed by atoms with Gasteiger partial charge in [-0.1, -0.05) is 24.3 Å². The molecule has 0 saturated heterocycles. The number of carbonyl (C=O) groups is 2. The molecule has 0 fully saturated rings. The second-order valence-electron chi connectivity index (χ2n) is 7.19. The number of rotatable bonds is 6. The molecule has 33 heavy (non-hydrogen) atoms. The zero-order valence-electron chi connectivity index (χ0n) is 17.6. The van der Waals surface area contributed by atoms with E-state index < -0.39 is 33.3 Å². The summed E-state index contributed by atoms with van der Waals surface area (Å²) in [4.78, 5) is 23.5. The van der Waals surface area contributed by atoms with Crippen LogP contribution in [0, 0.1) is 6.92 Å². The van der Waals surface area contributed by atoms with Gasteiger partial charge in [0, 0.05) is 16.2 Å². The summed E-state index contributed by atoms with van der Waals surface area (Å²) in [5, 5.41) is 20.4. The lowest BCUT2D eigenvalue weighted by molar-refractivity contribution is 0.0525. The highest BCUT2D eigenvalue weighted by Crippen LogP contribution is 2.38. The third kappa shape index (κ3) is 3.85. The minimum atomic E-state index is -4.25. The number of fused-ring (bicyclic) bond motifs is 3.